The first kappa shape index (κ1) is 10.0. The summed E-state index contributed by atoms with van der Waals surface area (Å²) in [5, 5.41) is 0.266. The molecule has 0 radical (unpaired) electrons. The zero-order chi connectivity index (χ0) is 9.68. The summed E-state index contributed by atoms with van der Waals surface area (Å²) < 4.78 is 13.0. The Morgan fingerprint density at radius 2 is 2.38 bits per heavy atom. The van der Waals surface area contributed by atoms with Gasteiger partial charge < -0.3 is 0 Å². The van der Waals surface area contributed by atoms with Gasteiger partial charge in [0.2, 0.25) is 0 Å². The van der Waals surface area contributed by atoms with Crippen molar-refractivity contribution in [2.24, 2.45) is 0 Å². The predicted molar refractivity (Wildman–Crippen MR) is 51.0 cm³/mol. The average Bonchev–Trinajstić information content (AvgIpc) is 2.11. The van der Waals surface area contributed by atoms with Crippen molar-refractivity contribution in [1.82, 2.24) is 4.98 Å². The minimum atomic E-state index is -0.423. The van der Waals surface area contributed by atoms with Crippen LogP contribution in [0.2, 0.25) is 5.15 Å². The lowest BCUT2D eigenvalue weighted by Gasteiger charge is -1.93. The van der Waals surface area contributed by atoms with E-state index in [1.807, 2.05) is 6.92 Å². The Kier molecular flexibility index (Phi) is 3.72. The van der Waals surface area contributed by atoms with E-state index in [0.29, 0.717) is 5.56 Å². The maximum atomic E-state index is 13.0. The van der Waals surface area contributed by atoms with Crippen LogP contribution >= 0.6 is 11.6 Å². The SMILES string of the molecule is CCCC#Cc1cc(Cl)ncc1F. The van der Waals surface area contributed by atoms with Gasteiger partial charge in [0.05, 0.1) is 11.8 Å². The Bertz CT molecular complexity index is 352. The fraction of sp³-hybridized carbons (Fsp3) is 0.300. The molecule has 0 atom stereocenters. The Balaban J connectivity index is 2.89. The highest BCUT2D eigenvalue weighted by Gasteiger charge is 1.99. The quantitative estimate of drug-likeness (QED) is 0.498. The minimum absolute atomic E-state index is 0.266. The van der Waals surface area contributed by atoms with E-state index in [0.717, 1.165) is 19.0 Å². The largest absolute Gasteiger partial charge is 0.241 e. The standard InChI is InChI=1S/C10H9ClFN/c1-2-3-4-5-8-6-10(11)13-7-9(8)12/h6-7H,2-3H2,1H3. The molecular formula is C10H9ClFN. The summed E-state index contributed by atoms with van der Waals surface area (Å²) in [7, 11) is 0. The van der Waals surface area contributed by atoms with Crippen molar-refractivity contribution in [2.45, 2.75) is 19.8 Å². The van der Waals surface area contributed by atoms with Gasteiger partial charge in [-0.05, 0) is 12.5 Å². The van der Waals surface area contributed by atoms with Crippen LogP contribution in [-0.2, 0) is 0 Å². The summed E-state index contributed by atoms with van der Waals surface area (Å²) in [5.74, 6) is 5.13. The summed E-state index contributed by atoms with van der Waals surface area (Å²) >= 11 is 5.58. The summed E-state index contributed by atoms with van der Waals surface area (Å²) in [5.41, 5.74) is 0.313. The van der Waals surface area contributed by atoms with Gasteiger partial charge >= 0.3 is 0 Å². The van der Waals surface area contributed by atoms with Crippen molar-refractivity contribution in [3.63, 3.8) is 0 Å². The lowest BCUT2D eigenvalue weighted by molar-refractivity contribution is 0.618. The molecule has 1 aromatic rings. The average molecular weight is 198 g/mol. The second-order valence-corrected chi connectivity index (χ2v) is 2.93. The van der Waals surface area contributed by atoms with Crippen LogP contribution in [0.4, 0.5) is 4.39 Å². The second-order valence-electron chi connectivity index (χ2n) is 2.54. The van der Waals surface area contributed by atoms with Crippen molar-refractivity contribution in [3.05, 3.63) is 28.8 Å². The van der Waals surface area contributed by atoms with Crippen LogP contribution in [0.15, 0.2) is 12.3 Å². The highest BCUT2D eigenvalue weighted by molar-refractivity contribution is 6.29. The molecule has 1 aromatic heterocycles. The van der Waals surface area contributed by atoms with Crippen LogP contribution in [0.3, 0.4) is 0 Å². The van der Waals surface area contributed by atoms with E-state index in [4.69, 9.17) is 11.6 Å². The molecule has 0 aromatic carbocycles. The Morgan fingerprint density at radius 3 is 3.08 bits per heavy atom. The van der Waals surface area contributed by atoms with Gasteiger partial charge in [-0.2, -0.15) is 0 Å². The van der Waals surface area contributed by atoms with Crippen molar-refractivity contribution in [1.29, 1.82) is 0 Å². The molecule has 1 rings (SSSR count). The first-order valence-corrected chi connectivity index (χ1v) is 4.41. The predicted octanol–water partition coefficient (Wildman–Crippen LogP) is 3.03. The maximum Gasteiger partial charge on any atom is 0.157 e. The van der Waals surface area contributed by atoms with Gasteiger partial charge in [0.15, 0.2) is 5.82 Å². The molecule has 1 nitrogen and oxygen atoms in total. The summed E-state index contributed by atoms with van der Waals surface area (Å²) in [6.07, 6.45) is 2.81. The Hall–Kier alpha value is -1.07. The summed E-state index contributed by atoms with van der Waals surface area (Å²) in [4.78, 5) is 3.59. The van der Waals surface area contributed by atoms with Crippen LogP contribution in [0.25, 0.3) is 0 Å². The number of nitrogens with zero attached hydrogens (tertiary/aromatic N) is 1. The zero-order valence-corrected chi connectivity index (χ0v) is 8.03. The molecule has 0 amide bonds. The number of hydrogen-bond acceptors (Lipinski definition) is 1. The van der Waals surface area contributed by atoms with Gasteiger partial charge in [0, 0.05) is 6.42 Å². The van der Waals surface area contributed by atoms with Crippen LogP contribution in [0, 0.1) is 17.7 Å². The topological polar surface area (TPSA) is 12.9 Å². The van der Waals surface area contributed by atoms with Crippen molar-refractivity contribution in [3.8, 4) is 11.8 Å². The molecule has 68 valence electrons. The third-order valence-corrected chi connectivity index (χ3v) is 1.63. The van der Waals surface area contributed by atoms with E-state index in [-0.39, 0.29) is 5.15 Å². The molecule has 1 heterocycles. The molecule has 0 unspecified atom stereocenters. The van der Waals surface area contributed by atoms with E-state index >= 15 is 0 Å². The second kappa shape index (κ2) is 4.84. The van der Waals surface area contributed by atoms with Crippen LogP contribution < -0.4 is 0 Å². The number of pyridine rings is 1. The molecule has 0 fully saturated rings. The number of rotatable bonds is 1. The lowest BCUT2D eigenvalue weighted by Crippen LogP contribution is -1.85. The molecule has 13 heavy (non-hydrogen) atoms. The highest BCUT2D eigenvalue weighted by Crippen LogP contribution is 2.10. The van der Waals surface area contributed by atoms with Crippen LogP contribution in [0.1, 0.15) is 25.3 Å². The van der Waals surface area contributed by atoms with E-state index in [1.54, 1.807) is 0 Å². The molecule has 0 aliphatic heterocycles. The molecule has 0 saturated carbocycles. The smallest absolute Gasteiger partial charge is 0.157 e. The third kappa shape index (κ3) is 3.04. The van der Waals surface area contributed by atoms with E-state index in [2.05, 4.69) is 16.8 Å². The molecule has 0 spiro atoms. The fourth-order valence-corrected chi connectivity index (χ4v) is 0.950. The molecular weight excluding hydrogens is 189 g/mol. The number of hydrogen-bond donors (Lipinski definition) is 0. The molecule has 0 aliphatic rings. The number of aromatic nitrogens is 1. The van der Waals surface area contributed by atoms with Gasteiger partial charge in [-0.15, -0.1) is 0 Å². The van der Waals surface area contributed by atoms with E-state index in [9.17, 15) is 4.39 Å². The normalized spacial score (nSPS) is 9.15. The minimum Gasteiger partial charge on any atom is -0.241 e. The molecule has 0 saturated heterocycles. The fourth-order valence-electron chi connectivity index (χ4n) is 0.792. The molecule has 0 N–H and O–H groups in total. The van der Waals surface area contributed by atoms with E-state index < -0.39 is 5.82 Å². The van der Waals surface area contributed by atoms with Gasteiger partial charge in [-0.3, -0.25) is 0 Å². The number of halogens is 2. The monoisotopic (exact) mass is 197 g/mol. The third-order valence-electron chi connectivity index (χ3n) is 1.42. The molecule has 0 bridgehead atoms. The first-order chi connectivity index (χ1) is 6.24. The summed E-state index contributed by atoms with van der Waals surface area (Å²) in [6, 6.07) is 1.43. The van der Waals surface area contributed by atoms with Crippen molar-refractivity contribution >= 4 is 11.6 Å². The Morgan fingerprint density at radius 1 is 1.62 bits per heavy atom. The molecule has 3 heteroatoms. The van der Waals surface area contributed by atoms with Gasteiger partial charge in [-0.1, -0.05) is 30.4 Å². The maximum absolute atomic E-state index is 13.0. The zero-order valence-electron chi connectivity index (χ0n) is 7.27. The van der Waals surface area contributed by atoms with Crippen LogP contribution in [-0.4, -0.2) is 4.98 Å². The van der Waals surface area contributed by atoms with Crippen molar-refractivity contribution < 1.29 is 4.39 Å². The highest BCUT2D eigenvalue weighted by atomic mass is 35.5. The van der Waals surface area contributed by atoms with Gasteiger partial charge in [0.1, 0.15) is 5.15 Å². The van der Waals surface area contributed by atoms with Gasteiger partial charge in [0.25, 0.3) is 0 Å². The Labute approximate surface area is 81.9 Å². The van der Waals surface area contributed by atoms with E-state index in [1.165, 1.54) is 6.07 Å². The molecule has 0 aliphatic carbocycles. The van der Waals surface area contributed by atoms with Crippen molar-refractivity contribution in [2.75, 3.05) is 0 Å². The van der Waals surface area contributed by atoms with Gasteiger partial charge in [-0.25, -0.2) is 9.37 Å². The lowest BCUT2D eigenvalue weighted by atomic mass is 10.2. The summed E-state index contributed by atoms with van der Waals surface area (Å²) in [6.45, 7) is 2.02. The first-order valence-electron chi connectivity index (χ1n) is 4.04. The number of unbranched alkanes of at least 4 members (excludes halogenated alkanes) is 1. The van der Waals surface area contributed by atoms with Crippen LogP contribution in [0.5, 0.6) is 0 Å².